The van der Waals surface area contributed by atoms with E-state index in [-0.39, 0.29) is 31.1 Å². The van der Waals surface area contributed by atoms with Crippen molar-refractivity contribution in [3.63, 3.8) is 0 Å². The topological polar surface area (TPSA) is 71.1 Å². The summed E-state index contributed by atoms with van der Waals surface area (Å²) in [6, 6.07) is 6.06. The summed E-state index contributed by atoms with van der Waals surface area (Å²) in [7, 11) is -3.69. The molecule has 0 saturated heterocycles. The van der Waals surface area contributed by atoms with Gasteiger partial charge >= 0.3 is 16.3 Å². The van der Waals surface area contributed by atoms with Crippen LogP contribution in [0.4, 0.5) is 35.1 Å². The fourth-order valence-electron chi connectivity index (χ4n) is 4.17. The highest BCUT2D eigenvalue weighted by Crippen LogP contribution is 2.44. The molecular weight excluding hydrogens is 592 g/mol. The van der Waals surface area contributed by atoms with E-state index in [1.807, 2.05) is 0 Å². The summed E-state index contributed by atoms with van der Waals surface area (Å²) < 4.78 is 154. The van der Waals surface area contributed by atoms with Crippen molar-refractivity contribution in [3.8, 4) is 17.2 Å². The van der Waals surface area contributed by atoms with Gasteiger partial charge in [0, 0.05) is 43.2 Å². The number of benzene rings is 3. The summed E-state index contributed by atoms with van der Waals surface area (Å²) in [6.45, 7) is 0.340. The Balaban J connectivity index is 1.69. The molecule has 0 radical (unpaired) electrons. The quantitative estimate of drug-likeness (QED) is 0.0904. The van der Waals surface area contributed by atoms with E-state index in [9.17, 15) is 43.5 Å². The SMILES string of the molecule is COCCCOc1cc(C(F)(F)F)ccc1[C@H]1CCOc2cc(S(=O)(=O)Oc3c(F)c(F)c(F)c(F)c3F)ccc21. The fourth-order valence-corrected chi connectivity index (χ4v) is 5.12. The van der Waals surface area contributed by atoms with E-state index in [1.165, 1.54) is 19.2 Å². The van der Waals surface area contributed by atoms with Crippen molar-refractivity contribution in [1.29, 1.82) is 0 Å². The number of hydrogen-bond donors (Lipinski definition) is 0. The van der Waals surface area contributed by atoms with Gasteiger partial charge in [0.1, 0.15) is 16.4 Å². The molecule has 0 aliphatic carbocycles. The van der Waals surface area contributed by atoms with Gasteiger partial charge in [0.25, 0.3) is 0 Å². The minimum absolute atomic E-state index is 0.0101. The monoisotopic (exact) mass is 612 g/mol. The van der Waals surface area contributed by atoms with Gasteiger partial charge in [0.2, 0.25) is 34.8 Å². The van der Waals surface area contributed by atoms with Crippen molar-refractivity contribution in [2.75, 3.05) is 26.9 Å². The Morgan fingerprint density at radius 3 is 2.15 bits per heavy atom. The van der Waals surface area contributed by atoms with Crippen LogP contribution >= 0.6 is 0 Å². The molecule has 6 nitrogen and oxygen atoms in total. The van der Waals surface area contributed by atoms with Crippen LogP contribution in [0.2, 0.25) is 0 Å². The molecule has 0 N–H and O–H groups in total. The van der Waals surface area contributed by atoms with Crippen LogP contribution in [0, 0.1) is 29.1 Å². The molecule has 0 fully saturated rings. The second kappa shape index (κ2) is 11.7. The summed E-state index contributed by atoms with van der Waals surface area (Å²) >= 11 is 0. The van der Waals surface area contributed by atoms with E-state index < -0.39 is 67.5 Å². The molecule has 1 aliphatic rings. The Kier molecular flexibility index (Phi) is 8.68. The molecule has 0 unspecified atom stereocenters. The summed E-state index contributed by atoms with van der Waals surface area (Å²) in [5.41, 5.74) is -0.247. The number of hydrogen-bond acceptors (Lipinski definition) is 6. The first-order valence-corrected chi connectivity index (χ1v) is 13.2. The molecule has 15 heteroatoms. The Bertz CT molecular complexity index is 1530. The Hall–Kier alpha value is -3.59. The first-order valence-electron chi connectivity index (χ1n) is 11.8. The predicted molar refractivity (Wildman–Crippen MR) is 126 cm³/mol. The molecule has 3 aromatic carbocycles. The second-order valence-corrected chi connectivity index (χ2v) is 10.3. The van der Waals surface area contributed by atoms with Gasteiger partial charge in [-0.2, -0.15) is 30.4 Å². The molecule has 0 saturated carbocycles. The minimum Gasteiger partial charge on any atom is -0.493 e. The highest BCUT2D eigenvalue weighted by Gasteiger charge is 2.35. The maximum atomic E-state index is 14.0. The maximum absolute atomic E-state index is 14.0. The van der Waals surface area contributed by atoms with Crippen LogP contribution in [0.15, 0.2) is 41.3 Å². The van der Waals surface area contributed by atoms with E-state index in [1.54, 1.807) is 0 Å². The van der Waals surface area contributed by atoms with Gasteiger partial charge in [-0.3, -0.25) is 0 Å². The van der Waals surface area contributed by atoms with Crippen LogP contribution in [0.1, 0.15) is 35.4 Å². The van der Waals surface area contributed by atoms with Crippen LogP contribution < -0.4 is 13.7 Å². The zero-order chi connectivity index (χ0) is 30.1. The van der Waals surface area contributed by atoms with Gasteiger partial charge in [-0.1, -0.05) is 12.1 Å². The number of ether oxygens (including phenoxy) is 3. The van der Waals surface area contributed by atoms with Crippen molar-refractivity contribution in [1.82, 2.24) is 0 Å². The Morgan fingerprint density at radius 1 is 0.878 bits per heavy atom. The molecule has 1 atom stereocenters. The summed E-state index contributed by atoms with van der Waals surface area (Å²) in [5, 5.41) is 0. The Morgan fingerprint density at radius 2 is 1.51 bits per heavy atom. The molecule has 0 aromatic heterocycles. The van der Waals surface area contributed by atoms with Gasteiger partial charge in [0.15, 0.2) is 0 Å². The van der Waals surface area contributed by atoms with Gasteiger partial charge in [0.05, 0.1) is 18.8 Å². The largest absolute Gasteiger partial charge is 0.493 e. The summed E-state index contributed by atoms with van der Waals surface area (Å²) in [6.07, 6.45) is -3.99. The lowest BCUT2D eigenvalue weighted by Crippen LogP contribution is -2.19. The molecular formula is C26H20F8O6S. The van der Waals surface area contributed by atoms with Crippen molar-refractivity contribution < 1.29 is 61.9 Å². The average Bonchev–Trinajstić information content (AvgIpc) is 2.94. The summed E-state index contributed by atoms with van der Waals surface area (Å²) in [4.78, 5) is -0.746. The highest BCUT2D eigenvalue weighted by molar-refractivity contribution is 7.87. The lowest BCUT2D eigenvalue weighted by molar-refractivity contribution is -0.137. The molecule has 1 heterocycles. The molecule has 222 valence electrons. The van der Waals surface area contributed by atoms with Crippen molar-refractivity contribution >= 4 is 10.1 Å². The lowest BCUT2D eigenvalue weighted by Gasteiger charge is -2.28. The highest BCUT2D eigenvalue weighted by atomic mass is 32.2. The number of methoxy groups -OCH3 is 1. The third-order valence-corrected chi connectivity index (χ3v) is 7.36. The van der Waals surface area contributed by atoms with Gasteiger partial charge < -0.3 is 18.4 Å². The fraction of sp³-hybridized carbons (Fsp3) is 0.308. The number of rotatable bonds is 9. The maximum Gasteiger partial charge on any atom is 0.416 e. The van der Waals surface area contributed by atoms with Crippen LogP contribution in [-0.4, -0.2) is 35.3 Å². The minimum atomic E-state index is -5.15. The Labute approximate surface area is 228 Å². The zero-order valence-corrected chi connectivity index (χ0v) is 21.8. The normalized spacial score (nSPS) is 15.3. The molecule has 41 heavy (non-hydrogen) atoms. The summed E-state index contributed by atoms with van der Waals surface area (Å²) in [5.74, 6) is -15.0. The van der Waals surface area contributed by atoms with Crippen LogP contribution in [-0.2, 0) is 21.0 Å². The van der Waals surface area contributed by atoms with Gasteiger partial charge in [-0.15, -0.1) is 0 Å². The smallest absolute Gasteiger partial charge is 0.416 e. The first-order chi connectivity index (χ1) is 19.3. The van der Waals surface area contributed by atoms with Crippen molar-refractivity contribution in [2.45, 2.75) is 29.8 Å². The molecule has 0 amide bonds. The standard InChI is InChI=1S/C26H20F8O6S/c1-37-8-2-9-38-18-11-13(26(32,33)34)3-5-16(18)15-7-10-39-19-12-14(4-6-17(15)19)41(35,36)40-25-23(30)21(28)20(27)22(29)24(25)31/h3-6,11-12,15H,2,7-10H2,1H3/t15-/m1/s1. The van der Waals surface area contributed by atoms with Crippen molar-refractivity contribution in [2.24, 2.45) is 0 Å². The van der Waals surface area contributed by atoms with E-state index >= 15 is 0 Å². The third-order valence-electron chi connectivity index (χ3n) is 6.14. The molecule has 3 aromatic rings. The molecule has 0 bridgehead atoms. The molecule has 4 rings (SSSR count). The number of fused-ring (bicyclic) bond motifs is 1. The zero-order valence-electron chi connectivity index (χ0n) is 21.0. The third kappa shape index (κ3) is 6.20. The molecule has 0 spiro atoms. The lowest BCUT2D eigenvalue weighted by atomic mass is 9.85. The second-order valence-electron chi connectivity index (χ2n) is 8.77. The van der Waals surface area contributed by atoms with Crippen LogP contribution in [0.25, 0.3) is 0 Å². The van der Waals surface area contributed by atoms with Crippen LogP contribution in [0.5, 0.6) is 17.2 Å². The first kappa shape index (κ1) is 30.4. The van der Waals surface area contributed by atoms with Crippen LogP contribution in [0.3, 0.4) is 0 Å². The van der Waals surface area contributed by atoms with E-state index in [4.69, 9.17) is 14.2 Å². The predicted octanol–water partition coefficient (Wildman–Crippen LogP) is 6.50. The number of halogens is 8. The molecule has 1 aliphatic heterocycles. The van der Waals surface area contributed by atoms with E-state index in [2.05, 4.69) is 4.18 Å². The van der Waals surface area contributed by atoms with E-state index in [0.717, 1.165) is 24.3 Å². The number of alkyl halides is 3. The van der Waals surface area contributed by atoms with Gasteiger partial charge in [-0.05, 0) is 24.6 Å². The average molecular weight is 612 g/mol. The van der Waals surface area contributed by atoms with Crippen molar-refractivity contribution in [3.05, 3.63) is 82.2 Å². The van der Waals surface area contributed by atoms with E-state index in [0.29, 0.717) is 24.2 Å². The van der Waals surface area contributed by atoms with Gasteiger partial charge in [-0.25, -0.2) is 13.2 Å².